The van der Waals surface area contributed by atoms with Crippen LogP contribution in [0.4, 0.5) is 11.4 Å². The summed E-state index contributed by atoms with van der Waals surface area (Å²) >= 11 is 12.1. The van der Waals surface area contributed by atoms with Crippen LogP contribution < -0.4 is 20.1 Å². The molecule has 168 valence electrons. The predicted octanol–water partition coefficient (Wildman–Crippen LogP) is 4.69. The first-order valence-corrected chi connectivity index (χ1v) is 10.7. The summed E-state index contributed by atoms with van der Waals surface area (Å²) in [5.41, 5.74) is 0.994. The van der Waals surface area contributed by atoms with Gasteiger partial charge in [-0.25, -0.2) is 0 Å². The van der Waals surface area contributed by atoms with Crippen LogP contribution >= 0.6 is 23.2 Å². The first-order chi connectivity index (χ1) is 14.8. The summed E-state index contributed by atoms with van der Waals surface area (Å²) in [7, 11) is 1.76. The van der Waals surface area contributed by atoms with Gasteiger partial charge >= 0.3 is 0 Å². The molecule has 0 spiro atoms. The molecule has 2 rings (SSSR count). The van der Waals surface area contributed by atoms with Crippen molar-refractivity contribution in [1.29, 1.82) is 0 Å². The van der Waals surface area contributed by atoms with Crippen molar-refractivity contribution < 1.29 is 19.1 Å². The summed E-state index contributed by atoms with van der Waals surface area (Å²) in [6.07, 6.45) is 0.183. The van der Waals surface area contributed by atoms with Gasteiger partial charge in [-0.15, -0.1) is 0 Å². The van der Waals surface area contributed by atoms with Crippen molar-refractivity contribution in [2.75, 3.05) is 44.0 Å². The summed E-state index contributed by atoms with van der Waals surface area (Å²) < 4.78 is 11.1. The maximum Gasteiger partial charge on any atom is 0.238 e. The molecule has 2 N–H and O–H groups in total. The quantitative estimate of drug-likeness (QED) is 0.500. The molecule has 31 heavy (non-hydrogen) atoms. The Morgan fingerprint density at radius 2 is 1.58 bits per heavy atom. The van der Waals surface area contributed by atoms with Crippen LogP contribution in [0.3, 0.4) is 0 Å². The van der Waals surface area contributed by atoms with Crippen molar-refractivity contribution in [3.8, 4) is 11.5 Å². The maximum atomic E-state index is 12.4. The fraction of sp³-hybridized carbons (Fsp3) is 0.364. The van der Waals surface area contributed by atoms with Crippen molar-refractivity contribution >= 4 is 46.4 Å². The predicted molar refractivity (Wildman–Crippen MR) is 125 cm³/mol. The zero-order valence-electron chi connectivity index (χ0n) is 17.8. The Morgan fingerprint density at radius 3 is 2.23 bits per heavy atom. The Hall–Kier alpha value is -2.48. The summed E-state index contributed by atoms with van der Waals surface area (Å²) in [5.74, 6) is 0.758. The monoisotopic (exact) mass is 467 g/mol. The first kappa shape index (κ1) is 24.8. The van der Waals surface area contributed by atoms with Gasteiger partial charge in [-0.1, -0.05) is 29.3 Å². The minimum Gasteiger partial charge on any atom is -0.490 e. The van der Waals surface area contributed by atoms with Crippen molar-refractivity contribution in [3.63, 3.8) is 0 Å². The van der Waals surface area contributed by atoms with Crippen LogP contribution in [-0.2, 0) is 9.59 Å². The number of carbonyl (C=O) groups is 2. The fourth-order valence-electron chi connectivity index (χ4n) is 2.77. The Morgan fingerprint density at radius 1 is 0.935 bits per heavy atom. The highest BCUT2D eigenvalue weighted by atomic mass is 35.5. The third kappa shape index (κ3) is 7.94. The molecule has 0 aliphatic carbocycles. The second-order valence-corrected chi connectivity index (χ2v) is 7.52. The normalized spacial score (nSPS) is 10.6. The van der Waals surface area contributed by atoms with Gasteiger partial charge in [0.2, 0.25) is 11.8 Å². The summed E-state index contributed by atoms with van der Waals surface area (Å²) in [6, 6.07) is 10.3. The van der Waals surface area contributed by atoms with Crippen LogP contribution in [-0.4, -0.2) is 50.1 Å². The van der Waals surface area contributed by atoms with Gasteiger partial charge in [-0.3, -0.25) is 14.5 Å². The molecule has 0 fully saturated rings. The lowest BCUT2D eigenvalue weighted by Gasteiger charge is -2.17. The number of hydrogen-bond donors (Lipinski definition) is 2. The number of benzene rings is 2. The SMILES string of the molecule is CCOc1ccc(NC(=O)CN(C)CCC(=O)Nc2c(Cl)cccc2Cl)cc1OCC. The second kappa shape index (κ2) is 12.4. The van der Waals surface area contributed by atoms with Crippen LogP contribution in [0.15, 0.2) is 36.4 Å². The van der Waals surface area contributed by atoms with Gasteiger partial charge in [0.25, 0.3) is 0 Å². The van der Waals surface area contributed by atoms with Crippen LogP contribution in [0.2, 0.25) is 10.0 Å². The Bertz CT molecular complexity index is 888. The molecule has 2 aromatic rings. The number of ether oxygens (including phenoxy) is 2. The molecule has 0 radical (unpaired) electrons. The number of rotatable bonds is 11. The summed E-state index contributed by atoms with van der Waals surface area (Å²) in [5, 5.41) is 6.28. The van der Waals surface area contributed by atoms with Gasteiger partial charge in [-0.05, 0) is 45.2 Å². The largest absolute Gasteiger partial charge is 0.490 e. The number of para-hydroxylation sites is 1. The molecule has 0 atom stereocenters. The molecule has 2 amide bonds. The Kier molecular flexibility index (Phi) is 9.91. The zero-order chi connectivity index (χ0) is 22.8. The first-order valence-electron chi connectivity index (χ1n) is 9.95. The van der Waals surface area contributed by atoms with E-state index < -0.39 is 0 Å². The number of anilines is 2. The summed E-state index contributed by atoms with van der Waals surface area (Å²) in [4.78, 5) is 26.3. The third-order valence-electron chi connectivity index (χ3n) is 4.19. The van der Waals surface area contributed by atoms with E-state index in [0.29, 0.717) is 52.7 Å². The minimum absolute atomic E-state index is 0.122. The average Bonchev–Trinajstić information content (AvgIpc) is 2.71. The molecule has 2 aromatic carbocycles. The standard InChI is InChI=1S/C22H27Cl2N3O4/c1-4-30-18-10-9-15(13-19(18)31-5-2)25-21(29)14-27(3)12-11-20(28)26-22-16(23)7-6-8-17(22)24/h6-10,13H,4-5,11-12,14H2,1-3H3,(H,25,29)(H,26,28). The van der Waals surface area contributed by atoms with Gasteiger partial charge in [0, 0.05) is 24.7 Å². The molecule has 0 unspecified atom stereocenters. The summed E-state index contributed by atoms with van der Waals surface area (Å²) in [6.45, 7) is 5.29. The molecule has 9 heteroatoms. The lowest BCUT2D eigenvalue weighted by Crippen LogP contribution is -2.32. The molecular formula is C22H27Cl2N3O4. The minimum atomic E-state index is -0.241. The van der Waals surface area contributed by atoms with Gasteiger partial charge in [0.1, 0.15) is 0 Å². The van der Waals surface area contributed by atoms with E-state index >= 15 is 0 Å². The topological polar surface area (TPSA) is 79.9 Å². The van der Waals surface area contributed by atoms with Gasteiger partial charge < -0.3 is 20.1 Å². The number of halogens is 2. The lowest BCUT2D eigenvalue weighted by molar-refractivity contribution is -0.119. The number of nitrogens with one attached hydrogen (secondary N) is 2. The van der Waals surface area contributed by atoms with Crippen LogP contribution in [0.5, 0.6) is 11.5 Å². The van der Waals surface area contributed by atoms with Crippen molar-refractivity contribution in [2.24, 2.45) is 0 Å². The van der Waals surface area contributed by atoms with Crippen molar-refractivity contribution in [1.82, 2.24) is 4.90 Å². The van der Waals surface area contributed by atoms with E-state index in [1.807, 2.05) is 13.8 Å². The van der Waals surface area contributed by atoms with E-state index in [1.54, 1.807) is 48.3 Å². The third-order valence-corrected chi connectivity index (χ3v) is 4.82. The fourth-order valence-corrected chi connectivity index (χ4v) is 3.26. The van der Waals surface area contributed by atoms with Gasteiger partial charge in [0.15, 0.2) is 11.5 Å². The van der Waals surface area contributed by atoms with Gasteiger partial charge in [0.05, 0.1) is 35.5 Å². The van der Waals surface area contributed by atoms with Crippen LogP contribution in [0.1, 0.15) is 20.3 Å². The lowest BCUT2D eigenvalue weighted by atomic mass is 10.2. The van der Waals surface area contributed by atoms with E-state index in [0.717, 1.165) is 0 Å². The highest BCUT2D eigenvalue weighted by Crippen LogP contribution is 2.31. The molecule has 7 nitrogen and oxygen atoms in total. The van der Waals surface area contributed by atoms with Gasteiger partial charge in [-0.2, -0.15) is 0 Å². The van der Waals surface area contributed by atoms with Crippen LogP contribution in [0, 0.1) is 0 Å². The number of hydrogen-bond acceptors (Lipinski definition) is 5. The molecule has 0 saturated heterocycles. The number of likely N-dealkylation sites (N-methyl/N-ethyl adjacent to an activating group) is 1. The highest BCUT2D eigenvalue weighted by Gasteiger charge is 2.13. The van der Waals surface area contributed by atoms with Crippen LogP contribution in [0.25, 0.3) is 0 Å². The number of amides is 2. The molecule has 0 heterocycles. The van der Waals surface area contributed by atoms with Crippen molar-refractivity contribution in [2.45, 2.75) is 20.3 Å². The average molecular weight is 468 g/mol. The smallest absolute Gasteiger partial charge is 0.238 e. The maximum absolute atomic E-state index is 12.4. The number of nitrogens with zero attached hydrogens (tertiary/aromatic N) is 1. The van der Waals surface area contributed by atoms with Crippen molar-refractivity contribution in [3.05, 3.63) is 46.4 Å². The van der Waals surface area contributed by atoms with E-state index in [1.165, 1.54) is 0 Å². The highest BCUT2D eigenvalue weighted by molar-refractivity contribution is 6.39. The van der Waals surface area contributed by atoms with E-state index in [9.17, 15) is 9.59 Å². The molecule has 0 aromatic heterocycles. The van der Waals surface area contributed by atoms with E-state index in [4.69, 9.17) is 32.7 Å². The van der Waals surface area contributed by atoms with E-state index in [2.05, 4.69) is 10.6 Å². The zero-order valence-corrected chi connectivity index (χ0v) is 19.3. The molecular weight excluding hydrogens is 441 g/mol. The molecule has 0 aliphatic heterocycles. The molecule has 0 saturated carbocycles. The Balaban J connectivity index is 1.84. The van der Waals surface area contributed by atoms with E-state index in [-0.39, 0.29) is 24.8 Å². The number of carbonyl (C=O) groups excluding carboxylic acids is 2. The second-order valence-electron chi connectivity index (χ2n) is 6.71. The Labute approximate surface area is 192 Å². The molecule has 0 bridgehead atoms. The molecule has 0 aliphatic rings.